The van der Waals surface area contributed by atoms with Gasteiger partial charge in [0.2, 0.25) is 0 Å². The highest BCUT2D eigenvalue weighted by molar-refractivity contribution is 9.10. The first-order valence-corrected chi connectivity index (χ1v) is 6.01. The van der Waals surface area contributed by atoms with Gasteiger partial charge in [-0.1, -0.05) is 15.9 Å². The zero-order valence-corrected chi connectivity index (χ0v) is 10.7. The molecule has 1 aromatic carbocycles. The summed E-state index contributed by atoms with van der Waals surface area (Å²) in [6.07, 6.45) is 1.07. The quantitative estimate of drug-likeness (QED) is 0.892. The van der Waals surface area contributed by atoms with Crippen molar-refractivity contribution in [1.29, 1.82) is 0 Å². The Labute approximate surface area is 99.0 Å². The van der Waals surface area contributed by atoms with Crippen LogP contribution in [0, 0.1) is 0 Å². The van der Waals surface area contributed by atoms with Crippen LogP contribution in [0.1, 0.15) is 19.4 Å². The van der Waals surface area contributed by atoms with Gasteiger partial charge in [0.05, 0.1) is 5.60 Å². The highest BCUT2D eigenvalue weighted by Gasteiger charge is 2.24. The fourth-order valence-electron chi connectivity index (χ4n) is 2.07. The molecule has 0 spiro atoms. The number of rotatable bonds is 2. The van der Waals surface area contributed by atoms with Gasteiger partial charge >= 0.3 is 0 Å². The first-order valence-electron chi connectivity index (χ1n) is 5.21. The molecule has 0 radical (unpaired) electrons. The molecule has 0 aliphatic carbocycles. The zero-order chi connectivity index (χ0) is 11.1. The number of aliphatic hydroxyl groups is 1. The van der Waals surface area contributed by atoms with Crippen molar-refractivity contribution in [1.82, 2.24) is 0 Å². The van der Waals surface area contributed by atoms with Crippen LogP contribution in [0.2, 0.25) is 0 Å². The van der Waals surface area contributed by atoms with Crippen LogP contribution in [0.3, 0.4) is 0 Å². The smallest absolute Gasteiger partial charge is 0.0765 e. The summed E-state index contributed by atoms with van der Waals surface area (Å²) in [6.45, 7) is 5.41. The lowest BCUT2D eigenvalue weighted by atomic mass is 10.1. The van der Waals surface area contributed by atoms with Crippen molar-refractivity contribution < 1.29 is 5.11 Å². The third-order valence-corrected chi connectivity index (χ3v) is 3.10. The van der Waals surface area contributed by atoms with E-state index in [1.165, 1.54) is 11.3 Å². The molecule has 2 rings (SSSR count). The number of β-amino-alcohol motifs (C(OH)–C–C–N with tert-alkyl or cyclic N) is 1. The molecule has 0 aromatic heterocycles. The molecule has 1 heterocycles. The first kappa shape index (κ1) is 11.0. The summed E-state index contributed by atoms with van der Waals surface area (Å²) in [5.41, 5.74) is 2.00. The van der Waals surface area contributed by atoms with Crippen molar-refractivity contribution in [3.05, 3.63) is 28.2 Å². The van der Waals surface area contributed by atoms with Crippen molar-refractivity contribution in [3.8, 4) is 0 Å². The number of halogens is 1. The predicted octanol–water partition coefficient (Wildman–Crippen LogP) is 2.58. The lowest BCUT2D eigenvalue weighted by molar-refractivity contribution is 0.0878. The maximum Gasteiger partial charge on any atom is 0.0765 e. The Morgan fingerprint density at radius 1 is 1.47 bits per heavy atom. The molecule has 3 heteroatoms. The summed E-state index contributed by atoms with van der Waals surface area (Å²) >= 11 is 3.48. The molecule has 1 aliphatic heterocycles. The van der Waals surface area contributed by atoms with Crippen LogP contribution in [-0.2, 0) is 6.42 Å². The fourth-order valence-corrected chi connectivity index (χ4v) is 2.48. The number of fused-ring (bicyclic) bond motifs is 1. The molecular weight excluding hydrogens is 254 g/mol. The number of nitrogens with zero attached hydrogens (tertiary/aromatic N) is 1. The Balaban J connectivity index is 2.22. The standard InChI is InChI=1S/C12H16BrNO/c1-12(2,15)8-14-6-5-9-7-10(13)3-4-11(9)14/h3-4,7,15H,5-6,8H2,1-2H3. The molecule has 0 fully saturated rings. The van der Waals surface area contributed by atoms with Crippen LogP contribution in [0.4, 0.5) is 5.69 Å². The SMILES string of the molecule is CC(C)(O)CN1CCc2cc(Br)ccc21. The Hall–Kier alpha value is -0.540. The minimum absolute atomic E-state index is 0.630. The normalized spacial score (nSPS) is 15.6. The average Bonchev–Trinajstić information content (AvgIpc) is 2.45. The molecule has 0 saturated carbocycles. The molecular formula is C12H16BrNO. The second kappa shape index (κ2) is 3.80. The van der Waals surface area contributed by atoms with Gasteiger partial charge in [-0.15, -0.1) is 0 Å². The van der Waals surface area contributed by atoms with Gasteiger partial charge in [-0.25, -0.2) is 0 Å². The molecule has 82 valence electrons. The molecule has 0 unspecified atom stereocenters. The number of anilines is 1. The molecule has 15 heavy (non-hydrogen) atoms. The summed E-state index contributed by atoms with van der Waals surface area (Å²) in [5, 5.41) is 9.81. The van der Waals surface area contributed by atoms with E-state index in [2.05, 4.69) is 39.0 Å². The molecule has 0 saturated heterocycles. The minimum Gasteiger partial charge on any atom is -0.389 e. The molecule has 1 N–H and O–H groups in total. The van der Waals surface area contributed by atoms with Crippen molar-refractivity contribution in [3.63, 3.8) is 0 Å². The highest BCUT2D eigenvalue weighted by Crippen LogP contribution is 2.31. The van der Waals surface area contributed by atoms with Crippen LogP contribution in [0.15, 0.2) is 22.7 Å². The van der Waals surface area contributed by atoms with Crippen LogP contribution >= 0.6 is 15.9 Å². The van der Waals surface area contributed by atoms with Crippen molar-refractivity contribution in [2.45, 2.75) is 25.9 Å². The highest BCUT2D eigenvalue weighted by atomic mass is 79.9. The summed E-state index contributed by atoms with van der Waals surface area (Å²) in [5.74, 6) is 0. The van der Waals surface area contributed by atoms with E-state index in [-0.39, 0.29) is 0 Å². The largest absolute Gasteiger partial charge is 0.389 e. The van der Waals surface area contributed by atoms with E-state index in [9.17, 15) is 5.11 Å². The second-order valence-electron chi connectivity index (χ2n) is 4.76. The topological polar surface area (TPSA) is 23.5 Å². The molecule has 1 aromatic rings. The lowest BCUT2D eigenvalue weighted by Crippen LogP contribution is -2.37. The maximum atomic E-state index is 9.81. The van der Waals surface area contributed by atoms with E-state index in [0.717, 1.165) is 17.4 Å². The molecule has 2 nitrogen and oxygen atoms in total. The third kappa shape index (κ3) is 2.52. The van der Waals surface area contributed by atoms with E-state index < -0.39 is 5.60 Å². The van der Waals surface area contributed by atoms with Gasteiger partial charge in [-0.05, 0) is 44.0 Å². The van der Waals surface area contributed by atoms with Crippen LogP contribution < -0.4 is 4.90 Å². The van der Waals surface area contributed by atoms with E-state index >= 15 is 0 Å². The average molecular weight is 270 g/mol. The monoisotopic (exact) mass is 269 g/mol. The van der Waals surface area contributed by atoms with Gasteiger partial charge in [0.1, 0.15) is 0 Å². The van der Waals surface area contributed by atoms with Gasteiger partial charge in [0, 0.05) is 23.2 Å². The van der Waals surface area contributed by atoms with Crippen LogP contribution in [0.5, 0.6) is 0 Å². The number of benzene rings is 1. The summed E-state index contributed by atoms with van der Waals surface area (Å²) in [7, 11) is 0. The Bertz CT molecular complexity index is 370. The second-order valence-corrected chi connectivity index (χ2v) is 5.67. The van der Waals surface area contributed by atoms with Gasteiger partial charge in [-0.3, -0.25) is 0 Å². The van der Waals surface area contributed by atoms with Crippen molar-refractivity contribution in [2.24, 2.45) is 0 Å². The Kier molecular flexibility index (Phi) is 2.77. The zero-order valence-electron chi connectivity index (χ0n) is 9.13. The third-order valence-electron chi connectivity index (χ3n) is 2.61. The summed E-state index contributed by atoms with van der Waals surface area (Å²) < 4.78 is 1.13. The van der Waals surface area contributed by atoms with Gasteiger partial charge in [-0.2, -0.15) is 0 Å². The summed E-state index contributed by atoms with van der Waals surface area (Å²) in [4.78, 5) is 2.25. The van der Waals surface area contributed by atoms with E-state index in [1.807, 2.05) is 13.8 Å². The number of hydrogen-bond acceptors (Lipinski definition) is 2. The Morgan fingerprint density at radius 3 is 2.87 bits per heavy atom. The van der Waals surface area contributed by atoms with Gasteiger partial charge < -0.3 is 10.0 Å². The minimum atomic E-state index is -0.630. The van der Waals surface area contributed by atoms with Crippen LogP contribution in [-0.4, -0.2) is 23.8 Å². The molecule has 0 bridgehead atoms. The van der Waals surface area contributed by atoms with E-state index in [4.69, 9.17) is 0 Å². The fraction of sp³-hybridized carbons (Fsp3) is 0.500. The number of hydrogen-bond donors (Lipinski definition) is 1. The van der Waals surface area contributed by atoms with E-state index in [1.54, 1.807) is 0 Å². The van der Waals surface area contributed by atoms with E-state index in [0.29, 0.717) is 6.54 Å². The summed E-state index contributed by atoms with van der Waals surface area (Å²) in [6, 6.07) is 6.35. The van der Waals surface area contributed by atoms with Crippen molar-refractivity contribution >= 4 is 21.6 Å². The van der Waals surface area contributed by atoms with Crippen LogP contribution in [0.25, 0.3) is 0 Å². The maximum absolute atomic E-state index is 9.81. The van der Waals surface area contributed by atoms with Crippen molar-refractivity contribution in [2.75, 3.05) is 18.0 Å². The lowest BCUT2D eigenvalue weighted by Gasteiger charge is -2.27. The predicted molar refractivity (Wildman–Crippen MR) is 66.4 cm³/mol. The molecule has 0 atom stereocenters. The first-order chi connectivity index (χ1) is 6.96. The van der Waals surface area contributed by atoms with Gasteiger partial charge in [0.15, 0.2) is 0 Å². The molecule has 1 aliphatic rings. The van der Waals surface area contributed by atoms with Gasteiger partial charge in [0.25, 0.3) is 0 Å². The Morgan fingerprint density at radius 2 is 2.20 bits per heavy atom. The molecule has 0 amide bonds.